The number of rotatable bonds is 5. The van der Waals surface area contributed by atoms with Gasteiger partial charge in [0.25, 0.3) is 0 Å². The fourth-order valence-electron chi connectivity index (χ4n) is 2.40. The van der Waals surface area contributed by atoms with Gasteiger partial charge in [-0.05, 0) is 24.3 Å². The molecule has 1 aliphatic heterocycles. The molecular formula is C15H20N2O3S2. The first-order valence-corrected chi connectivity index (χ1v) is 10.0. The molecule has 1 N–H and O–H groups in total. The zero-order valence-electron chi connectivity index (χ0n) is 12.8. The number of hydrogen-bond acceptors (Lipinski definition) is 5. The van der Waals surface area contributed by atoms with Crippen LogP contribution in [0.1, 0.15) is 49.1 Å². The Labute approximate surface area is 135 Å². The van der Waals surface area contributed by atoms with Crippen LogP contribution in [0, 0.1) is 17.2 Å². The number of amides is 1. The quantitative estimate of drug-likeness (QED) is 0.893. The summed E-state index contributed by atoms with van der Waals surface area (Å²) in [5, 5.41) is 12.6. The van der Waals surface area contributed by atoms with Crippen LogP contribution >= 0.6 is 11.3 Å². The molecule has 1 atom stereocenters. The Hall–Kier alpha value is -1.39. The molecule has 1 aromatic heterocycles. The standard InChI is InChI=1S/C15H20N2O3S2/c1-3-10(2)4-5-14(18)17-15-12(8-16)11-6-7-22(19,20)9-13(11)21-15/h10H,3-7,9H2,1-2H3,(H,17,18). The van der Waals surface area contributed by atoms with Crippen LogP contribution in [0.2, 0.25) is 0 Å². The van der Waals surface area contributed by atoms with Gasteiger partial charge in [0.2, 0.25) is 5.91 Å². The van der Waals surface area contributed by atoms with E-state index in [1.807, 2.05) is 0 Å². The average Bonchev–Trinajstić information content (AvgIpc) is 2.79. The normalized spacial score (nSPS) is 17.3. The van der Waals surface area contributed by atoms with Gasteiger partial charge in [0.1, 0.15) is 11.1 Å². The van der Waals surface area contributed by atoms with Crippen molar-refractivity contribution in [1.29, 1.82) is 5.26 Å². The molecule has 7 heteroatoms. The van der Waals surface area contributed by atoms with Crippen LogP contribution in [0.4, 0.5) is 5.00 Å². The van der Waals surface area contributed by atoms with Crippen LogP contribution in [-0.4, -0.2) is 20.1 Å². The maximum Gasteiger partial charge on any atom is 0.225 e. The zero-order valence-corrected chi connectivity index (χ0v) is 14.4. The van der Waals surface area contributed by atoms with Crippen LogP contribution in [0.3, 0.4) is 0 Å². The predicted octanol–water partition coefficient (Wildman–Crippen LogP) is 2.86. The van der Waals surface area contributed by atoms with Gasteiger partial charge in [0.15, 0.2) is 9.84 Å². The van der Waals surface area contributed by atoms with Crippen LogP contribution in [-0.2, 0) is 26.8 Å². The molecule has 0 saturated heterocycles. The first kappa shape index (κ1) is 17.0. The van der Waals surface area contributed by atoms with E-state index in [4.69, 9.17) is 0 Å². The lowest BCUT2D eigenvalue weighted by molar-refractivity contribution is -0.116. The molecule has 0 radical (unpaired) electrons. The number of nitriles is 1. The molecule has 0 spiro atoms. The Morgan fingerprint density at radius 2 is 2.23 bits per heavy atom. The summed E-state index contributed by atoms with van der Waals surface area (Å²) in [7, 11) is -3.07. The third-order valence-corrected chi connectivity index (χ3v) is 6.92. The highest BCUT2D eigenvalue weighted by atomic mass is 32.2. The molecule has 22 heavy (non-hydrogen) atoms. The van der Waals surface area contributed by atoms with Gasteiger partial charge in [0.05, 0.1) is 17.1 Å². The van der Waals surface area contributed by atoms with E-state index in [1.54, 1.807) is 0 Å². The number of carbonyl (C=O) groups is 1. The van der Waals surface area contributed by atoms with Gasteiger partial charge in [-0.2, -0.15) is 5.26 Å². The third-order valence-electron chi connectivity index (χ3n) is 4.03. The van der Waals surface area contributed by atoms with Crippen molar-refractivity contribution in [1.82, 2.24) is 0 Å². The number of nitrogens with zero attached hydrogens (tertiary/aromatic N) is 1. The van der Waals surface area contributed by atoms with Gasteiger partial charge >= 0.3 is 0 Å². The van der Waals surface area contributed by atoms with Gasteiger partial charge in [-0.25, -0.2) is 8.42 Å². The minimum Gasteiger partial charge on any atom is -0.317 e. The molecule has 0 fully saturated rings. The highest BCUT2D eigenvalue weighted by Gasteiger charge is 2.28. The lowest BCUT2D eigenvalue weighted by atomic mass is 10.0. The topological polar surface area (TPSA) is 87.0 Å². The molecule has 2 heterocycles. The highest BCUT2D eigenvalue weighted by molar-refractivity contribution is 7.90. The fourth-order valence-corrected chi connectivity index (χ4v) is 5.42. The summed E-state index contributed by atoms with van der Waals surface area (Å²) in [6.07, 6.45) is 2.62. The van der Waals surface area contributed by atoms with Crippen LogP contribution in [0.25, 0.3) is 0 Å². The zero-order chi connectivity index (χ0) is 16.3. The molecule has 1 aromatic rings. The first-order valence-electron chi connectivity index (χ1n) is 7.41. The van der Waals surface area contributed by atoms with Crippen LogP contribution in [0.5, 0.6) is 0 Å². The molecular weight excluding hydrogens is 320 g/mol. The van der Waals surface area contributed by atoms with E-state index in [2.05, 4.69) is 25.2 Å². The van der Waals surface area contributed by atoms with Gasteiger partial charge in [-0.1, -0.05) is 20.3 Å². The smallest absolute Gasteiger partial charge is 0.225 e. The minimum atomic E-state index is -3.07. The maximum absolute atomic E-state index is 12.0. The summed E-state index contributed by atoms with van der Waals surface area (Å²) in [5.74, 6) is 0.429. The second-order valence-electron chi connectivity index (χ2n) is 5.76. The average molecular weight is 340 g/mol. The van der Waals surface area contributed by atoms with Crippen molar-refractivity contribution >= 4 is 32.1 Å². The minimum absolute atomic E-state index is 0.0234. The SMILES string of the molecule is CCC(C)CCC(=O)Nc1sc2c(c1C#N)CCS(=O)(=O)C2. The number of thiophene rings is 1. The van der Waals surface area contributed by atoms with E-state index < -0.39 is 9.84 Å². The Balaban J connectivity index is 2.14. The summed E-state index contributed by atoms with van der Waals surface area (Å²) in [6, 6.07) is 2.11. The molecule has 0 aromatic carbocycles. The number of hydrogen-bond donors (Lipinski definition) is 1. The molecule has 1 unspecified atom stereocenters. The molecule has 1 amide bonds. The van der Waals surface area contributed by atoms with E-state index in [-0.39, 0.29) is 17.4 Å². The second kappa shape index (κ2) is 6.80. The lowest BCUT2D eigenvalue weighted by Crippen LogP contribution is -2.17. The molecule has 120 valence electrons. The Bertz CT molecular complexity index is 714. The summed E-state index contributed by atoms with van der Waals surface area (Å²) in [6.45, 7) is 4.19. The summed E-state index contributed by atoms with van der Waals surface area (Å²) < 4.78 is 23.4. The second-order valence-corrected chi connectivity index (χ2v) is 9.05. The van der Waals surface area contributed by atoms with Crippen molar-refractivity contribution < 1.29 is 13.2 Å². The van der Waals surface area contributed by atoms with Gasteiger partial charge in [-0.3, -0.25) is 4.79 Å². The summed E-state index contributed by atoms with van der Waals surface area (Å²) >= 11 is 1.22. The van der Waals surface area contributed by atoms with E-state index in [1.165, 1.54) is 11.3 Å². The number of carbonyl (C=O) groups excluding carboxylic acids is 1. The van der Waals surface area contributed by atoms with Gasteiger partial charge in [0, 0.05) is 11.3 Å². The molecule has 0 saturated carbocycles. The number of sulfone groups is 1. The number of nitrogens with one attached hydrogen (secondary N) is 1. The van der Waals surface area contributed by atoms with E-state index in [0.29, 0.717) is 34.2 Å². The van der Waals surface area contributed by atoms with Crippen LogP contribution in [0.15, 0.2) is 0 Å². The first-order chi connectivity index (χ1) is 10.4. The van der Waals surface area contributed by atoms with Crippen molar-refractivity contribution in [2.45, 2.75) is 45.3 Å². The molecule has 2 rings (SSSR count). The number of anilines is 1. The lowest BCUT2D eigenvalue weighted by Gasteiger charge is -2.11. The van der Waals surface area contributed by atoms with E-state index in [0.717, 1.165) is 18.4 Å². The van der Waals surface area contributed by atoms with Crippen molar-refractivity contribution in [3.05, 3.63) is 16.0 Å². The Morgan fingerprint density at radius 1 is 1.50 bits per heavy atom. The maximum atomic E-state index is 12.0. The van der Waals surface area contributed by atoms with Gasteiger partial charge in [-0.15, -0.1) is 11.3 Å². The van der Waals surface area contributed by atoms with Crippen molar-refractivity contribution in [2.24, 2.45) is 5.92 Å². The van der Waals surface area contributed by atoms with Crippen LogP contribution < -0.4 is 5.32 Å². The van der Waals surface area contributed by atoms with E-state index in [9.17, 15) is 18.5 Å². The van der Waals surface area contributed by atoms with Gasteiger partial charge < -0.3 is 5.32 Å². The third kappa shape index (κ3) is 3.87. The molecule has 1 aliphatic rings. The van der Waals surface area contributed by atoms with Crippen molar-refractivity contribution in [2.75, 3.05) is 11.1 Å². The number of fused-ring (bicyclic) bond motifs is 1. The monoisotopic (exact) mass is 340 g/mol. The molecule has 5 nitrogen and oxygen atoms in total. The fraction of sp³-hybridized carbons (Fsp3) is 0.600. The van der Waals surface area contributed by atoms with E-state index >= 15 is 0 Å². The molecule has 0 bridgehead atoms. The summed E-state index contributed by atoms with van der Waals surface area (Å²) in [5.41, 5.74) is 1.23. The largest absolute Gasteiger partial charge is 0.317 e. The van der Waals surface area contributed by atoms with Crippen molar-refractivity contribution in [3.8, 4) is 6.07 Å². The Morgan fingerprint density at radius 3 is 2.86 bits per heavy atom. The Kier molecular flexibility index (Phi) is 5.24. The van der Waals surface area contributed by atoms with Crippen molar-refractivity contribution in [3.63, 3.8) is 0 Å². The highest BCUT2D eigenvalue weighted by Crippen LogP contribution is 2.37. The predicted molar refractivity (Wildman–Crippen MR) is 87.5 cm³/mol. The summed E-state index contributed by atoms with van der Waals surface area (Å²) in [4.78, 5) is 12.7. The molecule has 0 aliphatic carbocycles.